The maximum Gasteiger partial charge on any atom is 0.211 e. The number of hydrogen-bond acceptors (Lipinski definition) is 2. The molecule has 94 valence electrons. The Balaban J connectivity index is 0. The van der Waals surface area contributed by atoms with Gasteiger partial charge in [-0.2, -0.15) is 0 Å². The van der Waals surface area contributed by atoms with Gasteiger partial charge in [0.15, 0.2) is 0 Å². The highest BCUT2D eigenvalue weighted by atomic mass is 32.2. The van der Waals surface area contributed by atoms with E-state index in [9.17, 15) is 8.42 Å². The average molecular weight is 245 g/mol. The van der Waals surface area contributed by atoms with E-state index in [2.05, 4.69) is 13.2 Å². The minimum absolute atomic E-state index is 0.308. The molecule has 0 heterocycles. The summed E-state index contributed by atoms with van der Waals surface area (Å²) in [5.41, 5.74) is 1.65. The molecule has 0 aliphatic rings. The van der Waals surface area contributed by atoms with E-state index in [1.54, 1.807) is 12.2 Å². The molecule has 0 rings (SSSR count). The van der Waals surface area contributed by atoms with Gasteiger partial charge in [0, 0.05) is 13.6 Å². The molecule has 16 heavy (non-hydrogen) atoms. The summed E-state index contributed by atoms with van der Waals surface area (Å²) in [5.74, 6) is 0. The van der Waals surface area contributed by atoms with E-state index in [1.807, 2.05) is 20.8 Å². The molecule has 0 bridgehead atoms. The highest BCUT2D eigenvalue weighted by molar-refractivity contribution is 7.88. The van der Waals surface area contributed by atoms with Crippen LogP contribution in [-0.2, 0) is 10.0 Å². The first-order chi connectivity index (χ1) is 7.23. The van der Waals surface area contributed by atoms with Crippen LogP contribution in [0.4, 0.5) is 0 Å². The van der Waals surface area contributed by atoms with Gasteiger partial charge in [0.1, 0.15) is 0 Å². The van der Waals surface area contributed by atoms with Crippen LogP contribution in [0.3, 0.4) is 0 Å². The number of rotatable bonds is 5. The zero-order chi connectivity index (χ0) is 13.4. The first kappa shape index (κ1) is 17.5. The van der Waals surface area contributed by atoms with Gasteiger partial charge < -0.3 is 0 Å². The quantitative estimate of drug-likeness (QED) is 0.698. The normalized spacial score (nSPS) is 11.1. The third-order valence-corrected chi connectivity index (χ3v) is 2.86. The summed E-state index contributed by atoms with van der Waals surface area (Å²) >= 11 is 0. The van der Waals surface area contributed by atoms with Gasteiger partial charge in [-0.05, 0) is 12.5 Å². The fourth-order valence-corrected chi connectivity index (χ4v) is 1.12. The summed E-state index contributed by atoms with van der Waals surface area (Å²) in [6.07, 6.45) is 4.74. The lowest BCUT2D eigenvalue weighted by Gasteiger charge is -2.13. The lowest BCUT2D eigenvalue weighted by Crippen LogP contribution is -2.27. The smallest absolute Gasteiger partial charge is 0.211 e. The largest absolute Gasteiger partial charge is 0.213 e. The van der Waals surface area contributed by atoms with E-state index in [1.165, 1.54) is 17.6 Å². The number of sulfonamides is 1. The van der Waals surface area contributed by atoms with Gasteiger partial charge in [-0.15, -0.1) is 0 Å². The Morgan fingerprint density at radius 3 is 2.00 bits per heavy atom. The van der Waals surface area contributed by atoms with Gasteiger partial charge >= 0.3 is 0 Å². The second-order valence-corrected chi connectivity index (χ2v) is 5.45. The molecule has 0 saturated heterocycles. The minimum atomic E-state index is -3.12. The van der Waals surface area contributed by atoms with Gasteiger partial charge in [0.05, 0.1) is 6.26 Å². The standard InChI is InChI=1S/C10H17NO2S.C2H6/c1-9(2)6-7-10(3)8-11(4)14(5,12)13;1-2/h6-7H,1,3,8H2,2,4-5H3;1-2H3/b7-6-;. The monoisotopic (exact) mass is 245 g/mol. The van der Waals surface area contributed by atoms with Gasteiger partial charge in [0.2, 0.25) is 10.0 Å². The molecule has 0 aliphatic carbocycles. The van der Waals surface area contributed by atoms with Gasteiger partial charge in [0.25, 0.3) is 0 Å². The summed E-state index contributed by atoms with van der Waals surface area (Å²) < 4.78 is 23.3. The lowest BCUT2D eigenvalue weighted by atomic mass is 10.2. The molecule has 0 spiro atoms. The summed E-state index contributed by atoms with van der Waals surface area (Å²) in [6, 6.07) is 0. The molecule has 0 fully saturated rings. The maximum absolute atomic E-state index is 11.0. The predicted octanol–water partition coefficient (Wildman–Crippen LogP) is 2.59. The molecule has 3 nitrogen and oxygen atoms in total. The van der Waals surface area contributed by atoms with Crippen molar-refractivity contribution in [1.29, 1.82) is 0 Å². The Bertz CT molecular complexity index is 353. The van der Waals surface area contributed by atoms with Gasteiger partial charge in [-0.3, -0.25) is 0 Å². The van der Waals surface area contributed by atoms with Crippen LogP contribution in [0.15, 0.2) is 36.5 Å². The Kier molecular flexibility index (Phi) is 9.09. The van der Waals surface area contributed by atoms with E-state index >= 15 is 0 Å². The molecule has 0 amide bonds. The van der Waals surface area contributed by atoms with Gasteiger partial charge in [-0.1, -0.05) is 44.7 Å². The van der Waals surface area contributed by atoms with Crippen LogP contribution in [-0.4, -0.2) is 32.6 Å². The Morgan fingerprint density at radius 1 is 1.25 bits per heavy atom. The highest BCUT2D eigenvalue weighted by Gasteiger charge is 2.10. The van der Waals surface area contributed by atoms with Crippen LogP contribution in [0, 0.1) is 0 Å². The van der Waals surface area contributed by atoms with E-state index in [-0.39, 0.29) is 0 Å². The van der Waals surface area contributed by atoms with Crippen LogP contribution in [0.25, 0.3) is 0 Å². The van der Waals surface area contributed by atoms with E-state index in [0.717, 1.165) is 11.1 Å². The summed E-state index contributed by atoms with van der Waals surface area (Å²) in [5, 5.41) is 0. The second kappa shape index (κ2) is 8.30. The van der Waals surface area contributed by atoms with Crippen molar-refractivity contribution in [3.63, 3.8) is 0 Å². The summed E-state index contributed by atoms with van der Waals surface area (Å²) in [6.45, 7) is 13.6. The van der Waals surface area contributed by atoms with Crippen molar-refractivity contribution < 1.29 is 8.42 Å². The molecule has 0 unspecified atom stereocenters. The molecule has 0 atom stereocenters. The number of allylic oxidation sites excluding steroid dienone is 2. The third-order valence-electron chi connectivity index (χ3n) is 1.60. The van der Waals surface area contributed by atoms with Crippen molar-refractivity contribution in [2.75, 3.05) is 19.8 Å². The Morgan fingerprint density at radius 2 is 1.69 bits per heavy atom. The van der Waals surface area contributed by atoms with Gasteiger partial charge in [-0.25, -0.2) is 12.7 Å². The molecule has 0 aromatic carbocycles. The van der Waals surface area contributed by atoms with E-state index in [0.29, 0.717) is 6.54 Å². The molecule has 0 saturated carbocycles. The molecule has 0 N–H and O–H groups in total. The van der Waals surface area contributed by atoms with E-state index in [4.69, 9.17) is 0 Å². The lowest BCUT2D eigenvalue weighted by molar-refractivity contribution is 0.501. The molecular formula is C12H23NO2S. The first-order valence-corrected chi connectivity index (χ1v) is 7.01. The first-order valence-electron chi connectivity index (χ1n) is 5.16. The molecular weight excluding hydrogens is 222 g/mol. The summed E-state index contributed by atoms with van der Waals surface area (Å²) in [4.78, 5) is 0. The highest BCUT2D eigenvalue weighted by Crippen LogP contribution is 2.02. The van der Waals surface area contributed by atoms with Crippen molar-refractivity contribution >= 4 is 10.0 Å². The minimum Gasteiger partial charge on any atom is -0.213 e. The topological polar surface area (TPSA) is 37.4 Å². The average Bonchev–Trinajstić information content (AvgIpc) is 2.16. The van der Waals surface area contributed by atoms with Crippen molar-refractivity contribution in [3.05, 3.63) is 36.5 Å². The molecule has 4 heteroatoms. The SMILES string of the molecule is C=C(C)/C=C\C(=C)CN(C)S(C)(=O)=O.CC. The number of nitrogens with zero attached hydrogens (tertiary/aromatic N) is 1. The van der Waals surface area contributed by atoms with Crippen molar-refractivity contribution in [2.45, 2.75) is 20.8 Å². The van der Waals surface area contributed by atoms with Crippen LogP contribution in [0.1, 0.15) is 20.8 Å². The number of likely N-dealkylation sites (N-methyl/N-ethyl adjacent to an activating group) is 1. The zero-order valence-corrected chi connectivity index (χ0v) is 11.8. The molecule has 0 aromatic rings. The molecule has 0 aromatic heterocycles. The maximum atomic E-state index is 11.0. The molecule has 0 aliphatic heterocycles. The van der Waals surface area contributed by atoms with Crippen LogP contribution in [0.2, 0.25) is 0 Å². The Hall–Kier alpha value is -0.870. The van der Waals surface area contributed by atoms with Crippen LogP contribution in [0.5, 0.6) is 0 Å². The predicted molar refractivity (Wildman–Crippen MR) is 71.9 cm³/mol. The van der Waals surface area contributed by atoms with Crippen LogP contribution >= 0.6 is 0 Å². The molecule has 0 radical (unpaired) electrons. The van der Waals surface area contributed by atoms with Crippen molar-refractivity contribution in [3.8, 4) is 0 Å². The summed E-state index contributed by atoms with van der Waals surface area (Å²) in [7, 11) is -1.60. The Labute approximate surface area is 100 Å². The van der Waals surface area contributed by atoms with Crippen molar-refractivity contribution in [2.24, 2.45) is 0 Å². The fourth-order valence-electron chi connectivity index (χ4n) is 0.716. The van der Waals surface area contributed by atoms with E-state index < -0.39 is 10.0 Å². The second-order valence-electron chi connectivity index (χ2n) is 3.36. The number of hydrogen-bond donors (Lipinski definition) is 0. The van der Waals surface area contributed by atoms with Crippen LogP contribution < -0.4 is 0 Å². The van der Waals surface area contributed by atoms with Crippen molar-refractivity contribution in [1.82, 2.24) is 4.31 Å². The third kappa shape index (κ3) is 9.68. The zero-order valence-electron chi connectivity index (χ0n) is 10.9. The fraction of sp³-hybridized carbons (Fsp3) is 0.500.